The maximum Gasteiger partial charge on any atom is 0.0840 e. The second kappa shape index (κ2) is 1.78. The molecule has 1 rings (SSSR count). The van der Waals surface area contributed by atoms with E-state index in [-0.39, 0.29) is 6.10 Å². The van der Waals surface area contributed by atoms with E-state index in [1.54, 1.807) is 12.2 Å². The van der Waals surface area contributed by atoms with E-state index in [9.17, 15) is 0 Å². The van der Waals surface area contributed by atoms with E-state index < -0.39 is 0 Å². The maximum absolute atomic E-state index is 8.63. The van der Waals surface area contributed by atoms with Crippen LogP contribution in [0.3, 0.4) is 0 Å². The monoisotopic (exact) mass is 103 g/mol. The van der Waals surface area contributed by atoms with Crippen LogP contribution in [0.1, 0.15) is 0 Å². The number of aliphatic hydroxyl groups is 1. The molecule has 0 aromatic carbocycles. The van der Waals surface area contributed by atoms with Crippen molar-refractivity contribution in [2.75, 3.05) is 20.2 Å². The average Bonchev–Trinajstić information content (AvgIpc) is 1.58. The predicted octanol–water partition coefficient (Wildman–Crippen LogP) is -0.776. The van der Waals surface area contributed by atoms with Crippen LogP contribution in [0.25, 0.3) is 0 Å². The Labute approximate surface area is 42.4 Å². The van der Waals surface area contributed by atoms with Crippen molar-refractivity contribution in [2.45, 2.75) is 6.10 Å². The lowest BCUT2D eigenvalue weighted by Crippen LogP contribution is -2.49. The molecule has 3 nitrogen and oxygen atoms in total. The maximum atomic E-state index is 8.63. The van der Waals surface area contributed by atoms with Gasteiger partial charge < -0.3 is 9.94 Å². The van der Waals surface area contributed by atoms with Crippen molar-refractivity contribution < 1.29 is 9.94 Å². The Morgan fingerprint density at radius 2 is 2.29 bits per heavy atom. The van der Waals surface area contributed by atoms with Crippen molar-refractivity contribution in [2.24, 2.45) is 0 Å². The molecule has 0 aromatic rings. The largest absolute Gasteiger partial charge is 0.390 e. The van der Waals surface area contributed by atoms with Gasteiger partial charge in [-0.25, -0.2) is 0 Å². The zero-order valence-corrected chi connectivity index (χ0v) is 4.29. The topological polar surface area (TPSA) is 32.7 Å². The number of hydrogen-bond donors (Lipinski definition) is 1. The SMILES string of the molecule is CON1CC(O)C1. The Hall–Kier alpha value is -0.120. The lowest BCUT2D eigenvalue weighted by Gasteiger charge is -2.32. The first-order valence-corrected chi connectivity index (χ1v) is 2.30. The third kappa shape index (κ3) is 0.907. The zero-order chi connectivity index (χ0) is 5.28. The molecular weight excluding hydrogens is 94.0 g/mol. The highest BCUT2D eigenvalue weighted by atomic mass is 16.7. The second-order valence-electron chi connectivity index (χ2n) is 1.68. The van der Waals surface area contributed by atoms with E-state index in [1.807, 2.05) is 0 Å². The molecule has 0 amide bonds. The first-order chi connectivity index (χ1) is 3.33. The number of β-amino-alcohol motifs (C(OH)–C–C–N with tert-alkyl or cyclic N) is 1. The fraction of sp³-hybridized carbons (Fsp3) is 1.00. The summed E-state index contributed by atoms with van der Waals surface area (Å²) in [6, 6.07) is 0. The molecule has 1 aliphatic rings. The summed E-state index contributed by atoms with van der Waals surface area (Å²) in [4.78, 5) is 4.73. The number of hydrogen-bond acceptors (Lipinski definition) is 3. The highest BCUT2D eigenvalue weighted by Gasteiger charge is 2.23. The molecule has 0 bridgehead atoms. The number of nitrogens with zero attached hydrogens (tertiary/aromatic N) is 1. The third-order valence-corrected chi connectivity index (χ3v) is 1.09. The number of rotatable bonds is 1. The van der Waals surface area contributed by atoms with Crippen LogP contribution in [0.4, 0.5) is 0 Å². The van der Waals surface area contributed by atoms with E-state index >= 15 is 0 Å². The summed E-state index contributed by atoms with van der Waals surface area (Å²) in [6.45, 7) is 1.33. The van der Waals surface area contributed by atoms with Crippen LogP contribution in [0.15, 0.2) is 0 Å². The summed E-state index contributed by atoms with van der Waals surface area (Å²) in [5, 5.41) is 10.3. The lowest BCUT2D eigenvalue weighted by molar-refractivity contribution is -0.215. The quantitative estimate of drug-likeness (QED) is 0.472. The van der Waals surface area contributed by atoms with Crippen molar-refractivity contribution in [3.63, 3.8) is 0 Å². The van der Waals surface area contributed by atoms with Gasteiger partial charge in [0, 0.05) is 0 Å². The van der Waals surface area contributed by atoms with Gasteiger partial charge in [0.05, 0.1) is 26.3 Å². The van der Waals surface area contributed by atoms with Crippen molar-refractivity contribution in [1.82, 2.24) is 5.06 Å². The van der Waals surface area contributed by atoms with E-state index in [1.165, 1.54) is 0 Å². The van der Waals surface area contributed by atoms with Crippen LogP contribution in [0, 0.1) is 0 Å². The summed E-state index contributed by atoms with van der Waals surface area (Å²) in [5.74, 6) is 0. The lowest BCUT2D eigenvalue weighted by atomic mass is 10.2. The van der Waals surface area contributed by atoms with Crippen LogP contribution in [0.2, 0.25) is 0 Å². The van der Waals surface area contributed by atoms with Gasteiger partial charge in [0.15, 0.2) is 0 Å². The average molecular weight is 103 g/mol. The Bertz CT molecular complexity index is 60.7. The van der Waals surface area contributed by atoms with Gasteiger partial charge in [0.2, 0.25) is 0 Å². The van der Waals surface area contributed by atoms with Gasteiger partial charge in [0.1, 0.15) is 0 Å². The molecule has 0 radical (unpaired) electrons. The Morgan fingerprint density at radius 3 is 2.43 bits per heavy atom. The zero-order valence-electron chi connectivity index (χ0n) is 4.29. The van der Waals surface area contributed by atoms with Gasteiger partial charge in [-0.3, -0.25) is 0 Å². The molecule has 0 spiro atoms. The van der Waals surface area contributed by atoms with Gasteiger partial charge >= 0.3 is 0 Å². The van der Waals surface area contributed by atoms with Crippen molar-refractivity contribution in [3.8, 4) is 0 Å². The third-order valence-electron chi connectivity index (χ3n) is 1.09. The van der Waals surface area contributed by atoms with Gasteiger partial charge in [0.25, 0.3) is 0 Å². The first kappa shape index (κ1) is 5.03. The molecule has 1 heterocycles. The van der Waals surface area contributed by atoms with Crippen LogP contribution in [-0.2, 0) is 4.84 Å². The molecule has 1 aliphatic heterocycles. The minimum atomic E-state index is -0.153. The number of aliphatic hydroxyl groups excluding tert-OH is 1. The summed E-state index contributed by atoms with van der Waals surface area (Å²) in [6.07, 6.45) is -0.153. The fourth-order valence-corrected chi connectivity index (χ4v) is 0.566. The smallest absolute Gasteiger partial charge is 0.0840 e. The molecule has 7 heavy (non-hydrogen) atoms. The van der Waals surface area contributed by atoms with Crippen LogP contribution in [-0.4, -0.2) is 36.5 Å². The first-order valence-electron chi connectivity index (χ1n) is 2.30. The normalized spacial score (nSPS) is 24.9. The van der Waals surface area contributed by atoms with Crippen LogP contribution in [0.5, 0.6) is 0 Å². The van der Waals surface area contributed by atoms with E-state index in [4.69, 9.17) is 9.94 Å². The van der Waals surface area contributed by atoms with E-state index in [0.29, 0.717) is 13.1 Å². The van der Waals surface area contributed by atoms with E-state index in [2.05, 4.69) is 0 Å². The van der Waals surface area contributed by atoms with Crippen molar-refractivity contribution in [3.05, 3.63) is 0 Å². The molecule has 42 valence electrons. The molecule has 0 saturated carbocycles. The highest BCUT2D eigenvalue weighted by molar-refractivity contribution is 4.71. The molecule has 0 aromatic heterocycles. The highest BCUT2D eigenvalue weighted by Crippen LogP contribution is 2.04. The minimum absolute atomic E-state index is 0.153. The predicted molar refractivity (Wildman–Crippen MR) is 24.6 cm³/mol. The molecule has 3 heteroatoms. The number of hydroxylamine groups is 2. The van der Waals surface area contributed by atoms with Gasteiger partial charge in [-0.15, -0.1) is 0 Å². The Balaban J connectivity index is 2.06. The standard InChI is InChI=1S/C4H9NO2/c1-7-5-2-4(6)3-5/h4,6H,2-3H2,1H3. The van der Waals surface area contributed by atoms with Gasteiger partial charge in [-0.05, 0) is 0 Å². The van der Waals surface area contributed by atoms with Gasteiger partial charge in [-0.1, -0.05) is 0 Å². The second-order valence-corrected chi connectivity index (χ2v) is 1.68. The minimum Gasteiger partial charge on any atom is -0.390 e. The van der Waals surface area contributed by atoms with E-state index in [0.717, 1.165) is 0 Å². The molecule has 0 atom stereocenters. The molecule has 1 saturated heterocycles. The molecule has 1 N–H and O–H groups in total. The van der Waals surface area contributed by atoms with Gasteiger partial charge in [-0.2, -0.15) is 5.06 Å². The Morgan fingerprint density at radius 1 is 1.71 bits per heavy atom. The van der Waals surface area contributed by atoms with Crippen LogP contribution >= 0.6 is 0 Å². The molecule has 0 aliphatic carbocycles. The fourth-order valence-electron chi connectivity index (χ4n) is 0.566. The molecule has 1 fully saturated rings. The summed E-state index contributed by atoms with van der Waals surface area (Å²) >= 11 is 0. The molecular formula is C4H9NO2. The summed E-state index contributed by atoms with van der Waals surface area (Å²) < 4.78 is 0. The molecule has 0 unspecified atom stereocenters. The summed E-state index contributed by atoms with van der Waals surface area (Å²) in [7, 11) is 1.60. The van der Waals surface area contributed by atoms with Crippen molar-refractivity contribution in [1.29, 1.82) is 0 Å². The van der Waals surface area contributed by atoms with Crippen LogP contribution < -0.4 is 0 Å². The Kier molecular flexibility index (Phi) is 1.27. The summed E-state index contributed by atoms with van der Waals surface area (Å²) in [5.41, 5.74) is 0. The van der Waals surface area contributed by atoms with Crippen molar-refractivity contribution >= 4 is 0 Å².